The predicted octanol–water partition coefficient (Wildman–Crippen LogP) is 1.63. The van der Waals surface area contributed by atoms with Gasteiger partial charge in [-0.05, 0) is 25.1 Å². The van der Waals surface area contributed by atoms with Crippen LogP contribution in [0.15, 0.2) is 23.3 Å². The maximum absolute atomic E-state index is 12.9. The van der Waals surface area contributed by atoms with Crippen molar-refractivity contribution in [3.63, 3.8) is 0 Å². The first-order chi connectivity index (χ1) is 12.3. The van der Waals surface area contributed by atoms with Crippen molar-refractivity contribution in [2.24, 2.45) is 11.0 Å². The first-order valence-electron chi connectivity index (χ1n) is 7.65. The molecule has 1 saturated heterocycles. The van der Waals surface area contributed by atoms with Crippen molar-refractivity contribution in [1.29, 1.82) is 0 Å². The third-order valence-electron chi connectivity index (χ3n) is 3.96. The molecule has 0 unspecified atom stereocenters. The average Bonchev–Trinajstić information content (AvgIpc) is 3.04. The number of imide groups is 1. The Kier molecular flexibility index (Phi) is 4.72. The molecule has 0 saturated carbocycles. The van der Waals surface area contributed by atoms with E-state index in [0.717, 1.165) is 9.91 Å². The third-order valence-corrected chi connectivity index (χ3v) is 4.40. The molecule has 3 rings (SSSR count). The normalized spacial score (nSPS) is 21.8. The zero-order chi connectivity index (χ0) is 19.2. The smallest absolute Gasteiger partial charge is 0.355 e. The molecule has 0 aliphatic carbocycles. The molecule has 0 aromatic heterocycles. The first kappa shape index (κ1) is 18.3. The topological polar surface area (TPSA) is 96.3 Å². The number of hydrazone groups is 1. The fourth-order valence-corrected chi connectivity index (χ4v) is 3.49. The molecule has 10 heteroatoms. The summed E-state index contributed by atoms with van der Waals surface area (Å²) in [4.78, 5) is 50.6. The largest absolute Gasteiger partial charge is 0.461 e. The van der Waals surface area contributed by atoms with Gasteiger partial charge in [-0.25, -0.2) is 14.7 Å². The van der Waals surface area contributed by atoms with Gasteiger partial charge in [0.25, 0.3) is 5.91 Å². The fraction of sp³-hybridized carbons (Fsp3) is 0.312. The van der Waals surface area contributed by atoms with Crippen LogP contribution in [0.1, 0.15) is 13.8 Å². The summed E-state index contributed by atoms with van der Waals surface area (Å²) in [5, 5.41) is 5.16. The van der Waals surface area contributed by atoms with Gasteiger partial charge < -0.3 is 4.74 Å². The van der Waals surface area contributed by atoms with E-state index >= 15 is 0 Å². The van der Waals surface area contributed by atoms with E-state index < -0.39 is 35.7 Å². The van der Waals surface area contributed by atoms with Crippen molar-refractivity contribution in [1.82, 2.24) is 5.01 Å². The number of carbonyl (C=O) groups excluding carboxylic acids is 4. The fourth-order valence-electron chi connectivity index (χ4n) is 2.97. The van der Waals surface area contributed by atoms with E-state index in [1.54, 1.807) is 6.92 Å². The van der Waals surface area contributed by atoms with Crippen molar-refractivity contribution in [3.05, 3.63) is 28.2 Å². The van der Waals surface area contributed by atoms with Crippen LogP contribution in [0.25, 0.3) is 0 Å². The number of rotatable bonds is 3. The minimum atomic E-state index is -1.24. The van der Waals surface area contributed by atoms with Crippen molar-refractivity contribution in [3.8, 4) is 0 Å². The number of esters is 1. The van der Waals surface area contributed by atoms with E-state index in [-0.39, 0.29) is 28.1 Å². The Morgan fingerprint density at radius 2 is 1.77 bits per heavy atom. The summed E-state index contributed by atoms with van der Waals surface area (Å²) < 4.78 is 4.89. The molecule has 136 valence electrons. The lowest BCUT2D eigenvalue weighted by Gasteiger charge is -2.19. The molecular formula is C16H13Cl2N3O5. The summed E-state index contributed by atoms with van der Waals surface area (Å²) in [6, 6.07) is 3.00. The molecule has 8 nitrogen and oxygen atoms in total. The second-order valence-corrected chi connectivity index (χ2v) is 6.50. The van der Waals surface area contributed by atoms with Gasteiger partial charge in [0.05, 0.1) is 12.3 Å². The van der Waals surface area contributed by atoms with Crippen LogP contribution in [-0.4, -0.2) is 47.1 Å². The van der Waals surface area contributed by atoms with Crippen LogP contribution in [0.2, 0.25) is 10.0 Å². The average molecular weight is 398 g/mol. The Hall–Kier alpha value is -2.45. The summed E-state index contributed by atoms with van der Waals surface area (Å²) in [6.45, 7) is 2.84. The number of halogens is 2. The Morgan fingerprint density at radius 3 is 2.31 bits per heavy atom. The number of nitrogens with zero attached hydrogens (tertiary/aromatic N) is 3. The van der Waals surface area contributed by atoms with E-state index in [0.29, 0.717) is 0 Å². The summed E-state index contributed by atoms with van der Waals surface area (Å²) in [5.41, 5.74) is -0.125. The van der Waals surface area contributed by atoms with Gasteiger partial charge in [-0.1, -0.05) is 23.2 Å². The first-order valence-corrected chi connectivity index (χ1v) is 8.41. The Labute approximate surface area is 158 Å². The van der Waals surface area contributed by atoms with E-state index in [2.05, 4.69) is 5.10 Å². The van der Waals surface area contributed by atoms with Crippen LogP contribution in [0, 0.1) is 5.92 Å². The second kappa shape index (κ2) is 6.69. The molecule has 0 radical (unpaired) electrons. The minimum Gasteiger partial charge on any atom is -0.461 e. The van der Waals surface area contributed by atoms with Gasteiger partial charge in [0.1, 0.15) is 5.92 Å². The molecule has 2 heterocycles. The molecule has 2 atom stereocenters. The maximum atomic E-state index is 12.9. The molecule has 1 fully saturated rings. The van der Waals surface area contributed by atoms with Gasteiger partial charge in [-0.15, -0.1) is 0 Å². The Balaban J connectivity index is 2.06. The number of hydrogen-bond acceptors (Lipinski definition) is 6. The lowest BCUT2D eigenvalue weighted by atomic mass is 9.98. The van der Waals surface area contributed by atoms with E-state index in [1.165, 1.54) is 25.1 Å². The highest BCUT2D eigenvalue weighted by Gasteiger charge is 2.59. The van der Waals surface area contributed by atoms with Crippen LogP contribution in [0.3, 0.4) is 0 Å². The van der Waals surface area contributed by atoms with Crippen molar-refractivity contribution < 1.29 is 23.9 Å². The summed E-state index contributed by atoms with van der Waals surface area (Å²) >= 11 is 11.9. The van der Waals surface area contributed by atoms with Crippen molar-refractivity contribution >= 4 is 58.3 Å². The molecule has 0 spiro atoms. The lowest BCUT2D eigenvalue weighted by molar-refractivity contribution is -0.136. The molecule has 3 amide bonds. The third kappa shape index (κ3) is 2.85. The number of fused-ring (bicyclic) bond motifs is 1. The molecule has 1 aromatic rings. The summed E-state index contributed by atoms with van der Waals surface area (Å²) in [7, 11) is 0. The van der Waals surface area contributed by atoms with Gasteiger partial charge in [-0.2, -0.15) is 5.10 Å². The maximum Gasteiger partial charge on any atom is 0.355 e. The number of carbonyl (C=O) groups is 4. The SMILES string of the molecule is CCOC(=O)C1=NN(C(C)=O)[C@@H]2C(=O)N(c3cc(Cl)cc(Cl)c3)C(=O)[C@@H]12. The number of benzene rings is 1. The van der Waals surface area contributed by atoms with Crippen molar-refractivity contribution in [2.45, 2.75) is 19.9 Å². The lowest BCUT2D eigenvalue weighted by Crippen LogP contribution is -2.41. The minimum absolute atomic E-state index is 0.0606. The highest BCUT2D eigenvalue weighted by molar-refractivity contribution is 6.47. The molecule has 26 heavy (non-hydrogen) atoms. The number of anilines is 1. The van der Waals surface area contributed by atoms with Crippen LogP contribution >= 0.6 is 23.2 Å². The Bertz CT molecular complexity index is 849. The number of ether oxygens (including phenoxy) is 1. The standard InChI is InChI=1S/C16H13Cl2N3O5/c1-3-26-16(25)12-11-13(21(19-12)7(2)22)15(24)20(14(11)23)10-5-8(17)4-9(18)6-10/h4-6,11,13H,3H2,1-2H3/t11-,13-/m0/s1. The summed E-state index contributed by atoms with van der Waals surface area (Å²) in [6.07, 6.45) is 0. The van der Waals surface area contributed by atoms with Gasteiger partial charge in [0, 0.05) is 17.0 Å². The van der Waals surface area contributed by atoms with Gasteiger partial charge >= 0.3 is 5.97 Å². The van der Waals surface area contributed by atoms with E-state index in [9.17, 15) is 19.2 Å². The highest BCUT2D eigenvalue weighted by atomic mass is 35.5. The molecule has 0 N–H and O–H groups in total. The predicted molar refractivity (Wildman–Crippen MR) is 92.8 cm³/mol. The van der Waals surface area contributed by atoms with Crippen molar-refractivity contribution in [2.75, 3.05) is 11.5 Å². The molecule has 0 bridgehead atoms. The molecule has 2 aliphatic heterocycles. The van der Waals surface area contributed by atoms with Crippen LogP contribution in [-0.2, 0) is 23.9 Å². The number of hydrogen-bond donors (Lipinski definition) is 0. The quantitative estimate of drug-likeness (QED) is 0.570. The number of amides is 3. The molecular weight excluding hydrogens is 385 g/mol. The second-order valence-electron chi connectivity index (χ2n) is 5.63. The zero-order valence-electron chi connectivity index (χ0n) is 13.7. The van der Waals surface area contributed by atoms with Gasteiger partial charge in [0.15, 0.2) is 11.8 Å². The van der Waals surface area contributed by atoms with Gasteiger partial charge in [-0.3, -0.25) is 14.4 Å². The van der Waals surface area contributed by atoms with E-state index in [4.69, 9.17) is 27.9 Å². The zero-order valence-corrected chi connectivity index (χ0v) is 15.2. The highest BCUT2D eigenvalue weighted by Crippen LogP contribution is 2.37. The van der Waals surface area contributed by atoms with Crippen LogP contribution in [0.5, 0.6) is 0 Å². The van der Waals surface area contributed by atoms with Gasteiger partial charge in [0.2, 0.25) is 11.8 Å². The van der Waals surface area contributed by atoms with Crippen LogP contribution < -0.4 is 4.90 Å². The molecule has 1 aromatic carbocycles. The van der Waals surface area contributed by atoms with E-state index in [1.807, 2.05) is 0 Å². The van der Waals surface area contributed by atoms with Crippen LogP contribution in [0.4, 0.5) is 5.69 Å². The molecule has 2 aliphatic rings. The Morgan fingerprint density at radius 1 is 1.15 bits per heavy atom. The monoisotopic (exact) mass is 397 g/mol. The summed E-state index contributed by atoms with van der Waals surface area (Å²) in [5.74, 6) is -4.06.